The van der Waals surface area contributed by atoms with Crippen LogP contribution in [0.5, 0.6) is 0 Å². The lowest BCUT2D eigenvalue weighted by atomic mass is 10.0. The third-order valence-corrected chi connectivity index (χ3v) is 6.16. The van der Waals surface area contributed by atoms with Crippen LogP contribution in [-0.4, -0.2) is 35.7 Å². The van der Waals surface area contributed by atoms with Gasteiger partial charge in [0.2, 0.25) is 5.91 Å². The molecule has 0 aliphatic rings. The number of hydrogen-bond donors (Lipinski definition) is 3. The number of carbonyl (C=O) groups excluding carboxylic acids is 1. The Labute approximate surface area is 175 Å². The molecule has 0 spiro atoms. The minimum Gasteiger partial charge on any atom is -0.396 e. The molecule has 0 aliphatic heterocycles. The summed E-state index contributed by atoms with van der Waals surface area (Å²) in [5.74, 6) is -0.754. The van der Waals surface area contributed by atoms with Gasteiger partial charge in [-0.2, -0.15) is 0 Å². The van der Waals surface area contributed by atoms with E-state index in [9.17, 15) is 23.1 Å². The second-order valence-electron chi connectivity index (χ2n) is 6.87. The number of pyridine rings is 1. The average molecular weight is 435 g/mol. The van der Waals surface area contributed by atoms with E-state index in [1.54, 1.807) is 23.8 Å². The lowest BCUT2D eigenvalue weighted by molar-refractivity contribution is -0.119. The molecule has 0 aliphatic carbocycles. The molecule has 30 heavy (non-hydrogen) atoms. The molecule has 0 bridgehead atoms. The molecule has 1 aromatic carbocycles. The Kier molecular flexibility index (Phi) is 7.71. The zero-order valence-corrected chi connectivity index (χ0v) is 17.7. The van der Waals surface area contributed by atoms with Crippen molar-refractivity contribution in [2.75, 3.05) is 6.61 Å². The molecule has 8 nitrogen and oxygen atoms in total. The molecule has 1 unspecified atom stereocenters. The number of benzene rings is 1. The SMILES string of the molecule is CCCC(=O)NS(=O)(=O)C(C)(O)n1ccc(-c2ccc(/C=C/CCO)cc2)cc1=O. The van der Waals surface area contributed by atoms with Gasteiger partial charge >= 0.3 is 0 Å². The van der Waals surface area contributed by atoms with E-state index in [1.165, 1.54) is 18.3 Å². The molecule has 1 heterocycles. The molecule has 0 fully saturated rings. The van der Waals surface area contributed by atoms with Crippen molar-refractivity contribution in [2.24, 2.45) is 0 Å². The summed E-state index contributed by atoms with van der Waals surface area (Å²) in [5, 5.41) is 16.7. The Morgan fingerprint density at radius 3 is 2.43 bits per heavy atom. The van der Waals surface area contributed by atoms with E-state index in [0.717, 1.165) is 18.1 Å². The number of hydrogen-bond acceptors (Lipinski definition) is 6. The zero-order chi connectivity index (χ0) is 22.4. The van der Waals surface area contributed by atoms with Crippen LogP contribution in [0.3, 0.4) is 0 Å². The Balaban J connectivity index is 2.30. The molecule has 3 N–H and O–H groups in total. The average Bonchev–Trinajstić information content (AvgIpc) is 2.68. The summed E-state index contributed by atoms with van der Waals surface area (Å²) < 4.78 is 27.3. The van der Waals surface area contributed by atoms with Crippen LogP contribution in [0.2, 0.25) is 0 Å². The first-order valence-corrected chi connectivity index (χ1v) is 11.0. The van der Waals surface area contributed by atoms with Gasteiger partial charge in [0.25, 0.3) is 20.6 Å². The van der Waals surface area contributed by atoms with Crippen molar-refractivity contribution >= 4 is 22.0 Å². The Hall–Kier alpha value is -2.75. The number of carbonyl (C=O) groups is 1. The third-order valence-electron chi connectivity index (χ3n) is 4.45. The second kappa shape index (κ2) is 9.84. The minimum absolute atomic E-state index is 0.0195. The first kappa shape index (κ1) is 23.5. The Morgan fingerprint density at radius 2 is 1.87 bits per heavy atom. The fourth-order valence-corrected chi connectivity index (χ4v) is 3.74. The highest BCUT2D eigenvalue weighted by atomic mass is 32.2. The topological polar surface area (TPSA) is 126 Å². The largest absolute Gasteiger partial charge is 0.396 e. The number of nitrogens with one attached hydrogen (secondary N) is 1. The maximum atomic E-state index is 12.6. The lowest BCUT2D eigenvalue weighted by Gasteiger charge is -2.26. The van der Waals surface area contributed by atoms with Crippen molar-refractivity contribution in [3.8, 4) is 11.1 Å². The maximum absolute atomic E-state index is 12.6. The van der Waals surface area contributed by atoms with Crippen molar-refractivity contribution in [2.45, 2.75) is 38.2 Å². The van der Waals surface area contributed by atoms with E-state index in [1.807, 2.05) is 24.3 Å². The van der Waals surface area contributed by atoms with Crippen molar-refractivity contribution in [1.82, 2.24) is 9.29 Å². The van der Waals surface area contributed by atoms with Crippen molar-refractivity contribution in [3.63, 3.8) is 0 Å². The summed E-state index contributed by atoms with van der Waals surface area (Å²) in [7, 11) is -4.56. The predicted molar refractivity (Wildman–Crippen MR) is 115 cm³/mol. The van der Waals surface area contributed by atoms with Crippen molar-refractivity contribution in [3.05, 3.63) is 64.6 Å². The summed E-state index contributed by atoms with van der Waals surface area (Å²) in [6, 6.07) is 10.0. The van der Waals surface area contributed by atoms with Crippen LogP contribution in [0.1, 0.15) is 38.7 Å². The first-order chi connectivity index (χ1) is 14.1. The van der Waals surface area contributed by atoms with Crippen LogP contribution in [0.4, 0.5) is 0 Å². The van der Waals surface area contributed by atoms with Crippen molar-refractivity contribution in [1.29, 1.82) is 0 Å². The van der Waals surface area contributed by atoms with E-state index >= 15 is 0 Å². The standard InChI is InChI=1S/C21H26N2O6S/c1-3-6-19(25)22-30(28,29)21(2,27)23-13-12-18(15-20(23)26)17-10-8-16(9-11-17)7-4-5-14-24/h4,7-13,15,24,27H,3,5-6,14H2,1-2H3,(H,22,25)/b7-4+. The second-order valence-corrected chi connectivity index (χ2v) is 8.86. The van der Waals surface area contributed by atoms with Crippen LogP contribution >= 0.6 is 0 Å². The van der Waals surface area contributed by atoms with E-state index in [4.69, 9.17) is 5.11 Å². The van der Waals surface area contributed by atoms with Gasteiger partial charge in [0, 0.05) is 32.2 Å². The fraction of sp³-hybridized carbons (Fsp3) is 0.333. The maximum Gasteiger partial charge on any atom is 0.285 e. The Bertz CT molecular complexity index is 1070. The smallest absolute Gasteiger partial charge is 0.285 e. The normalized spacial score (nSPS) is 13.9. The predicted octanol–water partition coefficient (Wildman–Crippen LogP) is 1.78. The molecule has 162 valence electrons. The highest BCUT2D eigenvalue weighted by Gasteiger charge is 2.40. The Morgan fingerprint density at radius 1 is 1.20 bits per heavy atom. The monoisotopic (exact) mass is 434 g/mol. The summed E-state index contributed by atoms with van der Waals surface area (Å²) >= 11 is 0. The third kappa shape index (κ3) is 5.44. The molecule has 1 amide bonds. The highest BCUT2D eigenvalue weighted by Crippen LogP contribution is 2.22. The zero-order valence-electron chi connectivity index (χ0n) is 16.9. The van der Waals surface area contributed by atoms with Gasteiger partial charge in [-0.05, 0) is 35.6 Å². The number of sulfonamides is 1. The molecule has 0 saturated heterocycles. The van der Waals surface area contributed by atoms with E-state index in [2.05, 4.69) is 0 Å². The summed E-state index contributed by atoms with van der Waals surface area (Å²) in [6.07, 6.45) is 5.87. The van der Waals surface area contributed by atoms with Gasteiger partial charge in [-0.3, -0.25) is 14.2 Å². The van der Waals surface area contributed by atoms with E-state index < -0.39 is 26.5 Å². The number of aliphatic hydroxyl groups excluding tert-OH is 1. The summed E-state index contributed by atoms with van der Waals surface area (Å²) in [5.41, 5.74) is 1.47. The molecule has 1 aromatic heterocycles. The van der Waals surface area contributed by atoms with Gasteiger partial charge in [0.05, 0.1) is 0 Å². The molecular weight excluding hydrogens is 408 g/mol. The molecule has 0 radical (unpaired) electrons. The van der Waals surface area contributed by atoms with Crippen LogP contribution < -0.4 is 10.3 Å². The van der Waals surface area contributed by atoms with Gasteiger partial charge < -0.3 is 10.2 Å². The number of nitrogens with zero attached hydrogens (tertiary/aromatic N) is 1. The van der Waals surface area contributed by atoms with Gasteiger partial charge in [-0.15, -0.1) is 0 Å². The van der Waals surface area contributed by atoms with E-state index in [-0.39, 0.29) is 13.0 Å². The molecule has 2 rings (SSSR count). The number of aromatic nitrogens is 1. The van der Waals surface area contributed by atoms with Gasteiger partial charge in [0.15, 0.2) is 0 Å². The number of rotatable bonds is 9. The minimum atomic E-state index is -4.56. The molecular formula is C21H26N2O6S. The summed E-state index contributed by atoms with van der Waals surface area (Å²) in [4.78, 5) is 24.2. The first-order valence-electron chi connectivity index (χ1n) is 9.51. The fourth-order valence-electron chi connectivity index (χ4n) is 2.74. The van der Waals surface area contributed by atoms with Crippen LogP contribution in [0, 0.1) is 0 Å². The van der Waals surface area contributed by atoms with E-state index in [0.29, 0.717) is 23.0 Å². The highest BCUT2D eigenvalue weighted by molar-refractivity contribution is 7.90. The van der Waals surface area contributed by atoms with Gasteiger partial charge in [-0.1, -0.05) is 43.3 Å². The molecule has 0 saturated carbocycles. The molecule has 2 aromatic rings. The molecule has 1 atom stereocenters. The van der Waals surface area contributed by atoms with Gasteiger partial charge in [-0.25, -0.2) is 13.1 Å². The lowest BCUT2D eigenvalue weighted by Crippen LogP contribution is -2.51. The van der Waals surface area contributed by atoms with Crippen LogP contribution in [-0.2, 0) is 19.9 Å². The molecule has 9 heteroatoms. The van der Waals surface area contributed by atoms with Crippen molar-refractivity contribution < 1.29 is 23.4 Å². The van der Waals surface area contributed by atoms with Gasteiger partial charge in [0.1, 0.15) is 0 Å². The van der Waals surface area contributed by atoms with Crippen LogP contribution in [0.25, 0.3) is 17.2 Å². The van der Waals surface area contributed by atoms with Crippen LogP contribution in [0.15, 0.2) is 53.5 Å². The summed E-state index contributed by atoms with van der Waals surface area (Å²) in [6.45, 7) is 2.72. The number of aliphatic hydroxyl groups is 2. The quantitative estimate of drug-likeness (QED) is 0.552. The number of amides is 1.